The Kier molecular flexibility index (Phi) is 4.97. The van der Waals surface area contributed by atoms with Gasteiger partial charge in [-0.3, -0.25) is 9.69 Å². The quantitative estimate of drug-likeness (QED) is 0.558. The number of likely N-dealkylation sites (N-methyl/N-ethyl adjacent to an activating group) is 1. The highest BCUT2D eigenvalue weighted by Crippen LogP contribution is 2.26. The molecule has 0 atom stereocenters. The summed E-state index contributed by atoms with van der Waals surface area (Å²) in [5, 5.41) is 0. The van der Waals surface area contributed by atoms with Gasteiger partial charge in [0.2, 0.25) is 0 Å². The first kappa shape index (κ1) is 14.1. The summed E-state index contributed by atoms with van der Waals surface area (Å²) >= 11 is 0. The van der Waals surface area contributed by atoms with Crippen molar-refractivity contribution in [2.45, 2.75) is 32.6 Å². The second-order valence-corrected chi connectivity index (χ2v) is 5.29. The Balaban J connectivity index is 1.89. The molecule has 1 aliphatic heterocycles. The molecule has 0 unspecified atom stereocenters. The highest BCUT2D eigenvalue weighted by Gasteiger charge is 2.15. The molecule has 0 aromatic heterocycles. The maximum Gasteiger partial charge on any atom is 0.176 e. The van der Waals surface area contributed by atoms with Crippen LogP contribution in [-0.2, 0) is 6.42 Å². The van der Waals surface area contributed by atoms with Crippen molar-refractivity contribution in [3.05, 3.63) is 29.3 Å². The maximum atomic E-state index is 12.2. The summed E-state index contributed by atoms with van der Waals surface area (Å²) in [6, 6.07) is 5.80. The number of nitrogens with zero attached hydrogens (tertiary/aromatic N) is 1. The van der Waals surface area contributed by atoms with Crippen LogP contribution in [-0.4, -0.2) is 37.4 Å². The van der Waals surface area contributed by atoms with Crippen molar-refractivity contribution in [1.82, 2.24) is 4.90 Å². The molecule has 19 heavy (non-hydrogen) atoms. The van der Waals surface area contributed by atoms with Crippen molar-refractivity contribution >= 4 is 5.78 Å². The molecule has 0 bridgehead atoms. The van der Waals surface area contributed by atoms with Crippen LogP contribution in [0, 0.1) is 0 Å². The Morgan fingerprint density at radius 2 is 2.21 bits per heavy atom. The van der Waals surface area contributed by atoms with Gasteiger partial charge in [-0.1, -0.05) is 19.8 Å². The zero-order valence-corrected chi connectivity index (χ0v) is 11.9. The fourth-order valence-electron chi connectivity index (χ4n) is 2.41. The fraction of sp³-hybridized carbons (Fsp3) is 0.562. The highest BCUT2D eigenvalue weighted by atomic mass is 16.5. The van der Waals surface area contributed by atoms with E-state index in [1.54, 1.807) is 0 Å². The molecular weight excluding hydrogens is 238 g/mol. The van der Waals surface area contributed by atoms with Gasteiger partial charge >= 0.3 is 0 Å². The van der Waals surface area contributed by atoms with Gasteiger partial charge in [0.05, 0.1) is 13.2 Å². The molecular formula is C16H23NO2. The van der Waals surface area contributed by atoms with Crippen LogP contribution in [0.2, 0.25) is 0 Å². The summed E-state index contributed by atoms with van der Waals surface area (Å²) in [4.78, 5) is 14.3. The first-order chi connectivity index (χ1) is 9.20. The lowest BCUT2D eigenvalue weighted by Gasteiger charge is -2.15. The average Bonchev–Trinajstić information content (AvgIpc) is 2.86. The van der Waals surface area contributed by atoms with E-state index in [1.165, 1.54) is 18.4 Å². The molecule has 0 N–H and O–H groups in total. The van der Waals surface area contributed by atoms with E-state index in [-0.39, 0.29) is 5.78 Å². The summed E-state index contributed by atoms with van der Waals surface area (Å²) in [5.74, 6) is 1.14. The van der Waals surface area contributed by atoms with Crippen LogP contribution in [0.25, 0.3) is 0 Å². The summed E-state index contributed by atoms with van der Waals surface area (Å²) in [7, 11) is 2.02. The molecule has 1 aromatic rings. The van der Waals surface area contributed by atoms with Crippen LogP contribution in [0.3, 0.4) is 0 Å². The van der Waals surface area contributed by atoms with Crippen molar-refractivity contribution in [2.75, 3.05) is 26.7 Å². The molecule has 0 spiro atoms. The molecule has 3 heteroatoms. The fourth-order valence-corrected chi connectivity index (χ4v) is 2.41. The lowest BCUT2D eigenvalue weighted by Crippen LogP contribution is -2.27. The van der Waals surface area contributed by atoms with E-state index in [0.717, 1.165) is 37.3 Å². The predicted molar refractivity (Wildman–Crippen MR) is 77.0 cm³/mol. The van der Waals surface area contributed by atoms with E-state index < -0.39 is 0 Å². The second kappa shape index (κ2) is 6.71. The van der Waals surface area contributed by atoms with E-state index in [9.17, 15) is 4.79 Å². The maximum absolute atomic E-state index is 12.2. The smallest absolute Gasteiger partial charge is 0.176 e. The van der Waals surface area contributed by atoms with E-state index >= 15 is 0 Å². The molecule has 1 heterocycles. The first-order valence-corrected chi connectivity index (χ1v) is 7.18. The molecule has 1 aromatic carbocycles. The standard InChI is InChI=1S/C16H23NO2/c1-3-4-5-9-17(2)12-15(18)13-6-7-16-14(11-13)8-10-19-16/h6-7,11H,3-5,8-10,12H2,1-2H3. The molecule has 1 aliphatic rings. The van der Waals surface area contributed by atoms with Crippen LogP contribution in [0.1, 0.15) is 42.1 Å². The lowest BCUT2D eigenvalue weighted by atomic mass is 10.1. The van der Waals surface area contributed by atoms with Gasteiger partial charge in [-0.25, -0.2) is 0 Å². The molecule has 104 valence electrons. The number of unbranched alkanes of at least 4 members (excludes halogenated alkanes) is 2. The minimum Gasteiger partial charge on any atom is -0.493 e. The van der Waals surface area contributed by atoms with Gasteiger partial charge in [-0.2, -0.15) is 0 Å². The van der Waals surface area contributed by atoms with Gasteiger partial charge in [0.1, 0.15) is 5.75 Å². The third kappa shape index (κ3) is 3.80. The molecule has 0 radical (unpaired) electrons. The third-order valence-electron chi connectivity index (χ3n) is 3.57. The van der Waals surface area contributed by atoms with Gasteiger partial charge < -0.3 is 4.74 Å². The lowest BCUT2D eigenvalue weighted by molar-refractivity contribution is 0.0945. The monoisotopic (exact) mass is 261 g/mol. The van der Waals surface area contributed by atoms with E-state index in [2.05, 4.69) is 11.8 Å². The topological polar surface area (TPSA) is 29.5 Å². The number of benzene rings is 1. The van der Waals surface area contributed by atoms with Crippen molar-refractivity contribution in [2.24, 2.45) is 0 Å². The molecule has 0 aliphatic carbocycles. The Labute approximate surface area is 115 Å². The van der Waals surface area contributed by atoms with E-state index in [0.29, 0.717) is 6.54 Å². The number of hydrogen-bond acceptors (Lipinski definition) is 3. The van der Waals surface area contributed by atoms with Crippen molar-refractivity contribution in [1.29, 1.82) is 0 Å². The van der Waals surface area contributed by atoms with Gasteiger partial charge in [0, 0.05) is 12.0 Å². The summed E-state index contributed by atoms with van der Waals surface area (Å²) in [5.41, 5.74) is 1.98. The van der Waals surface area contributed by atoms with Crippen molar-refractivity contribution in [3.63, 3.8) is 0 Å². The van der Waals surface area contributed by atoms with Crippen LogP contribution in [0.15, 0.2) is 18.2 Å². The number of Topliss-reactive ketones (excluding diaryl/α,β-unsaturated/α-hetero) is 1. The number of fused-ring (bicyclic) bond motifs is 1. The summed E-state index contributed by atoms with van der Waals surface area (Å²) < 4.78 is 5.46. The Morgan fingerprint density at radius 1 is 1.37 bits per heavy atom. The SMILES string of the molecule is CCCCCN(C)CC(=O)c1ccc2c(c1)CCO2. The molecule has 0 amide bonds. The average molecular weight is 261 g/mol. The van der Waals surface area contributed by atoms with Gasteiger partial charge in [-0.05, 0) is 43.8 Å². The molecule has 3 nitrogen and oxygen atoms in total. The van der Waals surface area contributed by atoms with Crippen molar-refractivity contribution in [3.8, 4) is 5.75 Å². The van der Waals surface area contributed by atoms with Crippen LogP contribution in [0.5, 0.6) is 5.75 Å². The van der Waals surface area contributed by atoms with Gasteiger partial charge in [0.25, 0.3) is 0 Å². The van der Waals surface area contributed by atoms with Crippen LogP contribution < -0.4 is 4.74 Å². The highest BCUT2D eigenvalue weighted by molar-refractivity contribution is 5.98. The molecule has 0 saturated carbocycles. The Bertz CT molecular complexity index is 442. The van der Waals surface area contributed by atoms with Crippen LogP contribution in [0.4, 0.5) is 0 Å². The number of rotatable bonds is 7. The zero-order valence-electron chi connectivity index (χ0n) is 11.9. The number of hydrogen-bond donors (Lipinski definition) is 0. The van der Waals surface area contributed by atoms with E-state index in [1.807, 2.05) is 25.2 Å². The summed E-state index contributed by atoms with van der Waals surface area (Å²) in [6.45, 7) is 4.43. The Hall–Kier alpha value is -1.35. The minimum absolute atomic E-state index is 0.202. The Morgan fingerprint density at radius 3 is 3.00 bits per heavy atom. The van der Waals surface area contributed by atoms with Crippen molar-refractivity contribution < 1.29 is 9.53 Å². The predicted octanol–water partition coefficient (Wildman–Crippen LogP) is 2.93. The van der Waals surface area contributed by atoms with Gasteiger partial charge in [-0.15, -0.1) is 0 Å². The zero-order chi connectivity index (χ0) is 13.7. The minimum atomic E-state index is 0.202. The number of carbonyl (C=O) groups excluding carboxylic acids is 1. The number of carbonyl (C=O) groups is 1. The molecule has 2 rings (SSSR count). The third-order valence-corrected chi connectivity index (χ3v) is 3.57. The normalized spacial score (nSPS) is 13.4. The largest absolute Gasteiger partial charge is 0.493 e. The van der Waals surface area contributed by atoms with Gasteiger partial charge in [0.15, 0.2) is 5.78 Å². The summed E-state index contributed by atoms with van der Waals surface area (Å²) in [6.07, 6.45) is 4.53. The number of ketones is 1. The van der Waals surface area contributed by atoms with Crippen LogP contribution >= 0.6 is 0 Å². The number of ether oxygens (including phenoxy) is 1. The second-order valence-electron chi connectivity index (χ2n) is 5.29. The van der Waals surface area contributed by atoms with E-state index in [4.69, 9.17) is 4.74 Å². The molecule has 0 saturated heterocycles. The molecule has 0 fully saturated rings. The first-order valence-electron chi connectivity index (χ1n) is 7.18.